The first-order chi connectivity index (χ1) is 8.17. The number of hydrogen-bond acceptors (Lipinski definition) is 1. The SMILES string of the molecule is NC1(c2cc3cc(Cl)ccc3[nH]2)CCCCC1. The minimum absolute atomic E-state index is 0.163. The lowest BCUT2D eigenvalue weighted by atomic mass is 9.80. The van der Waals surface area contributed by atoms with Gasteiger partial charge in [0.05, 0.1) is 5.54 Å². The second kappa shape index (κ2) is 4.04. The van der Waals surface area contributed by atoms with Crippen molar-refractivity contribution in [2.75, 3.05) is 0 Å². The summed E-state index contributed by atoms with van der Waals surface area (Å²) in [5.74, 6) is 0. The minimum atomic E-state index is -0.163. The van der Waals surface area contributed by atoms with E-state index in [1.807, 2.05) is 18.2 Å². The Labute approximate surface area is 106 Å². The number of aromatic amines is 1. The van der Waals surface area contributed by atoms with Crippen molar-refractivity contribution in [3.8, 4) is 0 Å². The molecule has 1 aromatic carbocycles. The molecule has 0 aliphatic heterocycles. The Morgan fingerprint density at radius 2 is 1.88 bits per heavy atom. The Hall–Kier alpha value is -0.990. The summed E-state index contributed by atoms with van der Waals surface area (Å²) < 4.78 is 0. The Bertz CT molecular complexity index is 538. The molecule has 3 N–H and O–H groups in total. The number of hydrogen-bond donors (Lipinski definition) is 2. The molecule has 1 saturated carbocycles. The molecule has 0 radical (unpaired) electrons. The number of halogens is 1. The van der Waals surface area contributed by atoms with Crippen LogP contribution in [0.1, 0.15) is 37.8 Å². The Balaban J connectivity index is 2.05. The largest absolute Gasteiger partial charge is 0.357 e. The Morgan fingerprint density at radius 1 is 1.12 bits per heavy atom. The zero-order valence-electron chi connectivity index (χ0n) is 9.80. The molecule has 3 rings (SSSR count). The number of fused-ring (bicyclic) bond motifs is 1. The predicted octanol–water partition coefficient (Wildman–Crippen LogP) is 3.94. The van der Waals surface area contributed by atoms with E-state index in [1.165, 1.54) is 19.3 Å². The number of aromatic nitrogens is 1. The van der Waals surface area contributed by atoms with Gasteiger partial charge in [-0.15, -0.1) is 0 Å². The molecule has 90 valence electrons. The highest BCUT2D eigenvalue weighted by molar-refractivity contribution is 6.31. The molecule has 1 heterocycles. The fraction of sp³-hybridized carbons (Fsp3) is 0.429. The molecule has 1 aliphatic carbocycles. The highest BCUT2D eigenvalue weighted by Gasteiger charge is 2.30. The third-order valence-corrected chi connectivity index (χ3v) is 4.10. The lowest BCUT2D eigenvalue weighted by Crippen LogP contribution is -2.38. The van der Waals surface area contributed by atoms with Gasteiger partial charge < -0.3 is 10.7 Å². The van der Waals surface area contributed by atoms with E-state index < -0.39 is 0 Å². The third kappa shape index (κ3) is 1.96. The van der Waals surface area contributed by atoms with Crippen LogP contribution in [0.15, 0.2) is 24.3 Å². The van der Waals surface area contributed by atoms with Crippen molar-refractivity contribution < 1.29 is 0 Å². The van der Waals surface area contributed by atoms with Crippen molar-refractivity contribution in [2.45, 2.75) is 37.6 Å². The van der Waals surface area contributed by atoms with Gasteiger partial charge in [-0.25, -0.2) is 0 Å². The van der Waals surface area contributed by atoms with E-state index in [-0.39, 0.29) is 5.54 Å². The van der Waals surface area contributed by atoms with E-state index in [4.69, 9.17) is 17.3 Å². The van der Waals surface area contributed by atoms with Gasteiger partial charge in [0.15, 0.2) is 0 Å². The van der Waals surface area contributed by atoms with Crippen LogP contribution in [-0.2, 0) is 5.54 Å². The first kappa shape index (κ1) is 11.1. The van der Waals surface area contributed by atoms with Gasteiger partial charge in [-0.2, -0.15) is 0 Å². The average Bonchev–Trinajstić information content (AvgIpc) is 2.73. The normalized spacial score (nSPS) is 19.6. The quantitative estimate of drug-likeness (QED) is 0.789. The van der Waals surface area contributed by atoms with Crippen LogP contribution in [0.5, 0.6) is 0 Å². The van der Waals surface area contributed by atoms with Crippen molar-refractivity contribution in [1.29, 1.82) is 0 Å². The molecule has 0 spiro atoms. The van der Waals surface area contributed by atoms with Gasteiger partial charge >= 0.3 is 0 Å². The van der Waals surface area contributed by atoms with Gasteiger partial charge in [0.2, 0.25) is 0 Å². The predicted molar refractivity (Wildman–Crippen MR) is 72.3 cm³/mol. The molecule has 17 heavy (non-hydrogen) atoms. The van der Waals surface area contributed by atoms with Crippen LogP contribution >= 0.6 is 11.6 Å². The first-order valence-electron chi connectivity index (χ1n) is 6.25. The van der Waals surface area contributed by atoms with Gasteiger partial charge in [-0.05, 0) is 37.1 Å². The minimum Gasteiger partial charge on any atom is -0.357 e. The molecule has 1 fully saturated rings. The summed E-state index contributed by atoms with van der Waals surface area (Å²) in [6.45, 7) is 0. The van der Waals surface area contributed by atoms with Crippen molar-refractivity contribution >= 4 is 22.5 Å². The molecule has 0 bridgehead atoms. The molecule has 2 aromatic rings. The molecule has 1 aliphatic rings. The Kier molecular flexibility index (Phi) is 2.64. The van der Waals surface area contributed by atoms with E-state index in [1.54, 1.807) is 0 Å². The summed E-state index contributed by atoms with van der Waals surface area (Å²) in [6, 6.07) is 8.08. The summed E-state index contributed by atoms with van der Waals surface area (Å²) in [6.07, 6.45) is 5.92. The van der Waals surface area contributed by atoms with Crippen LogP contribution in [0.2, 0.25) is 5.02 Å². The van der Waals surface area contributed by atoms with E-state index in [0.29, 0.717) is 0 Å². The van der Waals surface area contributed by atoms with Crippen LogP contribution in [0.4, 0.5) is 0 Å². The van der Waals surface area contributed by atoms with Crippen LogP contribution in [0, 0.1) is 0 Å². The highest BCUT2D eigenvalue weighted by atomic mass is 35.5. The van der Waals surface area contributed by atoms with Crippen LogP contribution in [-0.4, -0.2) is 4.98 Å². The van der Waals surface area contributed by atoms with Gasteiger partial charge in [0, 0.05) is 21.6 Å². The number of rotatable bonds is 1. The van der Waals surface area contributed by atoms with E-state index >= 15 is 0 Å². The topological polar surface area (TPSA) is 41.8 Å². The number of benzene rings is 1. The summed E-state index contributed by atoms with van der Waals surface area (Å²) in [5.41, 5.74) is 8.64. The second-order valence-corrected chi connectivity index (χ2v) is 5.57. The molecule has 3 heteroatoms. The van der Waals surface area contributed by atoms with Gasteiger partial charge in [0.25, 0.3) is 0 Å². The maximum absolute atomic E-state index is 6.52. The van der Waals surface area contributed by atoms with Gasteiger partial charge in [-0.1, -0.05) is 30.9 Å². The lowest BCUT2D eigenvalue weighted by Gasteiger charge is -2.32. The number of nitrogens with one attached hydrogen (secondary N) is 1. The van der Waals surface area contributed by atoms with Crippen LogP contribution in [0.3, 0.4) is 0 Å². The summed E-state index contributed by atoms with van der Waals surface area (Å²) in [4.78, 5) is 3.45. The lowest BCUT2D eigenvalue weighted by molar-refractivity contribution is 0.296. The van der Waals surface area contributed by atoms with E-state index in [9.17, 15) is 0 Å². The summed E-state index contributed by atoms with van der Waals surface area (Å²) in [7, 11) is 0. The van der Waals surface area contributed by atoms with Crippen molar-refractivity contribution in [1.82, 2.24) is 4.98 Å². The second-order valence-electron chi connectivity index (χ2n) is 5.13. The molecule has 1 aromatic heterocycles. The zero-order valence-corrected chi connectivity index (χ0v) is 10.6. The fourth-order valence-corrected chi connectivity index (χ4v) is 3.00. The Morgan fingerprint density at radius 3 is 2.65 bits per heavy atom. The highest BCUT2D eigenvalue weighted by Crippen LogP contribution is 2.35. The maximum atomic E-state index is 6.52. The summed E-state index contributed by atoms with van der Waals surface area (Å²) >= 11 is 6.00. The van der Waals surface area contributed by atoms with Gasteiger partial charge in [0.1, 0.15) is 0 Å². The van der Waals surface area contributed by atoms with Crippen LogP contribution < -0.4 is 5.73 Å². The first-order valence-corrected chi connectivity index (χ1v) is 6.63. The van der Waals surface area contributed by atoms with E-state index in [0.717, 1.165) is 34.5 Å². The molecule has 0 amide bonds. The van der Waals surface area contributed by atoms with Crippen molar-refractivity contribution in [3.05, 3.63) is 35.0 Å². The maximum Gasteiger partial charge on any atom is 0.0561 e. The van der Waals surface area contributed by atoms with Crippen LogP contribution in [0.25, 0.3) is 10.9 Å². The molecular weight excluding hydrogens is 232 g/mol. The number of nitrogens with two attached hydrogens (primary N) is 1. The number of H-pyrrole nitrogens is 1. The molecule has 0 unspecified atom stereocenters. The molecular formula is C14H17ClN2. The van der Waals surface area contributed by atoms with Crippen molar-refractivity contribution in [2.24, 2.45) is 5.73 Å². The van der Waals surface area contributed by atoms with Gasteiger partial charge in [-0.3, -0.25) is 0 Å². The third-order valence-electron chi connectivity index (χ3n) is 3.86. The standard InChI is InChI=1S/C14H17ClN2/c15-11-4-5-12-10(8-11)9-13(17-12)14(16)6-2-1-3-7-14/h4-5,8-9,17H,1-3,6-7,16H2. The smallest absolute Gasteiger partial charge is 0.0561 e. The molecule has 2 nitrogen and oxygen atoms in total. The average molecular weight is 249 g/mol. The van der Waals surface area contributed by atoms with E-state index in [2.05, 4.69) is 11.1 Å². The summed E-state index contributed by atoms with van der Waals surface area (Å²) in [5, 5.41) is 1.93. The zero-order chi connectivity index (χ0) is 11.9. The monoisotopic (exact) mass is 248 g/mol. The fourth-order valence-electron chi connectivity index (χ4n) is 2.82. The molecule has 0 atom stereocenters. The molecule has 0 saturated heterocycles. The van der Waals surface area contributed by atoms with Crippen molar-refractivity contribution in [3.63, 3.8) is 0 Å².